The van der Waals surface area contributed by atoms with Crippen molar-refractivity contribution in [2.75, 3.05) is 47.8 Å². The van der Waals surface area contributed by atoms with Gasteiger partial charge in [-0.25, -0.2) is 0 Å². The van der Waals surface area contributed by atoms with Crippen molar-refractivity contribution in [2.45, 2.75) is 52.0 Å². The number of amides is 3. The topological polar surface area (TPSA) is 147 Å². The normalized spacial score (nSPS) is 15.5. The van der Waals surface area contributed by atoms with Gasteiger partial charge in [0.05, 0.1) is 18.0 Å². The summed E-state index contributed by atoms with van der Waals surface area (Å²) in [5.41, 5.74) is 7.91. The first-order valence-electron chi connectivity index (χ1n) is 15.0. The molecule has 10 nitrogen and oxygen atoms in total. The zero-order valence-electron chi connectivity index (χ0n) is 27.5. The molecule has 238 valence electrons. The van der Waals surface area contributed by atoms with E-state index in [2.05, 4.69) is 32.2 Å². The molecule has 2 rings (SSSR count). The molecule has 0 radical (unpaired) electrons. The lowest BCUT2D eigenvalue weighted by Crippen LogP contribution is -2.47. The van der Waals surface area contributed by atoms with Gasteiger partial charge in [0, 0.05) is 45.9 Å². The number of nitrogens with two attached hydrogens (primary N) is 1. The molecule has 1 aliphatic carbocycles. The number of rotatable bonds is 14. The molecule has 0 aromatic heterocycles. The summed E-state index contributed by atoms with van der Waals surface area (Å²) in [6.07, 6.45) is 8.05. The quantitative estimate of drug-likeness (QED) is 0.169. The van der Waals surface area contributed by atoms with Crippen LogP contribution in [0.4, 0.5) is 0 Å². The number of hydrogen-bond donors (Lipinski definition) is 3. The minimum Gasteiger partial charge on any atom is -0.387 e. The average Bonchev–Trinajstić information content (AvgIpc) is 3.25. The summed E-state index contributed by atoms with van der Waals surface area (Å²) >= 11 is 0. The number of carbonyl (C=O) groups is 3. The van der Waals surface area contributed by atoms with Crippen LogP contribution >= 0.6 is 0 Å². The second-order valence-electron chi connectivity index (χ2n) is 12.2. The third-order valence-electron chi connectivity index (χ3n) is 8.34. The maximum absolute atomic E-state index is 13.2. The Kier molecular flexibility index (Phi) is 13.1. The van der Waals surface area contributed by atoms with E-state index in [4.69, 9.17) is 11.1 Å². The van der Waals surface area contributed by atoms with Gasteiger partial charge in [0.25, 0.3) is 11.8 Å². The fourth-order valence-corrected chi connectivity index (χ4v) is 5.09. The molecule has 3 amide bonds. The van der Waals surface area contributed by atoms with Gasteiger partial charge in [-0.2, -0.15) is 5.26 Å². The number of allylic oxidation sites excluding steroid dienone is 3. The van der Waals surface area contributed by atoms with Crippen molar-refractivity contribution in [2.24, 2.45) is 17.6 Å². The van der Waals surface area contributed by atoms with E-state index in [1.165, 1.54) is 9.80 Å². The number of nitriles is 1. The number of benzene rings is 1. The summed E-state index contributed by atoms with van der Waals surface area (Å²) < 4.78 is 0. The number of carbonyl (C=O) groups excluding carboxylic acids is 3. The lowest BCUT2D eigenvalue weighted by atomic mass is 9.69. The predicted octanol–water partition coefficient (Wildman–Crippen LogP) is 3.48. The van der Waals surface area contributed by atoms with Crippen LogP contribution in [0.3, 0.4) is 0 Å². The van der Waals surface area contributed by atoms with Gasteiger partial charge in [-0.15, -0.1) is 0 Å². The van der Waals surface area contributed by atoms with Gasteiger partial charge in [-0.3, -0.25) is 19.8 Å². The van der Waals surface area contributed by atoms with Crippen molar-refractivity contribution >= 4 is 23.6 Å². The minimum absolute atomic E-state index is 0.0292. The van der Waals surface area contributed by atoms with Crippen LogP contribution in [0.5, 0.6) is 0 Å². The molecule has 3 atom stereocenters. The van der Waals surface area contributed by atoms with Crippen molar-refractivity contribution in [1.29, 1.82) is 10.7 Å². The highest BCUT2D eigenvalue weighted by Crippen LogP contribution is 2.39. The molecule has 1 aliphatic rings. The minimum atomic E-state index is -1.07. The molecule has 0 bridgehead atoms. The van der Waals surface area contributed by atoms with Gasteiger partial charge in [0.15, 0.2) is 0 Å². The molecule has 0 aliphatic heterocycles. The maximum atomic E-state index is 13.2. The summed E-state index contributed by atoms with van der Waals surface area (Å²) in [7, 11) is 6.76. The molecule has 44 heavy (non-hydrogen) atoms. The molecule has 1 aromatic rings. The molecule has 3 unspecified atom stereocenters. The second kappa shape index (κ2) is 16.0. The van der Waals surface area contributed by atoms with Gasteiger partial charge in [0.2, 0.25) is 5.91 Å². The third kappa shape index (κ3) is 8.66. The van der Waals surface area contributed by atoms with Crippen LogP contribution in [0, 0.1) is 28.6 Å². The Bertz CT molecular complexity index is 1340. The van der Waals surface area contributed by atoms with Gasteiger partial charge >= 0.3 is 0 Å². The van der Waals surface area contributed by atoms with E-state index in [1.54, 1.807) is 64.3 Å². The highest BCUT2D eigenvalue weighted by Gasteiger charge is 2.39. The number of amidine groups is 1. The van der Waals surface area contributed by atoms with Crippen molar-refractivity contribution in [3.05, 3.63) is 70.8 Å². The molecule has 10 heteroatoms. The van der Waals surface area contributed by atoms with Crippen LogP contribution < -0.4 is 11.1 Å². The van der Waals surface area contributed by atoms with Crippen LogP contribution in [0.2, 0.25) is 0 Å². The van der Waals surface area contributed by atoms with Crippen LogP contribution in [0.15, 0.2) is 59.7 Å². The Morgan fingerprint density at radius 3 is 2.16 bits per heavy atom. The van der Waals surface area contributed by atoms with Gasteiger partial charge in [-0.1, -0.05) is 51.1 Å². The molecule has 0 heterocycles. The van der Waals surface area contributed by atoms with Crippen molar-refractivity contribution in [1.82, 2.24) is 20.0 Å². The van der Waals surface area contributed by atoms with E-state index in [0.717, 1.165) is 11.1 Å². The summed E-state index contributed by atoms with van der Waals surface area (Å²) in [6, 6.07) is 8.72. The largest absolute Gasteiger partial charge is 0.387 e. The molecule has 0 fully saturated rings. The fourth-order valence-electron chi connectivity index (χ4n) is 5.09. The first kappa shape index (κ1) is 36.0. The summed E-state index contributed by atoms with van der Waals surface area (Å²) in [6.45, 7) is 8.85. The van der Waals surface area contributed by atoms with E-state index < -0.39 is 11.5 Å². The molecule has 0 saturated heterocycles. The zero-order valence-corrected chi connectivity index (χ0v) is 27.5. The first-order chi connectivity index (χ1) is 20.7. The number of nitrogens with zero attached hydrogens (tertiary/aromatic N) is 4. The van der Waals surface area contributed by atoms with E-state index in [-0.39, 0.29) is 36.0 Å². The van der Waals surface area contributed by atoms with Gasteiger partial charge < -0.3 is 25.8 Å². The Morgan fingerprint density at radius 2 is 1.64 bits per heavy atom. The second-order valence-corrected chi connectivity index (χ2v) is 12.2. The van der Waals surface area contributed by atoms with Crippen molar-refractivity contribution in [3.8, 4) is 6.07 Å². The molecule has 0 saturated carbocycles. The summed E-state index contributed by atoms with van der Waals surface area (Å²) in [4.78, 5) is 43.1. The Hall–Kier alpha value is -4.23. The summed E-state index contributed by atoms with van der Waals surface area (Å²) in [5, 5.41) is 21.6. The summed E-state index contributed by atoms with van der Waals surface area (Å²) in [5.74, 6) is 0.0664. The van der Waals surface area contributed by atoms with Gasteiger partial charge in [-0.05, 0) is 67.5 Å². The number of nitrogens with one attached hydrogen (secondary N) is 2. The first-order valence-corrected chi connectivity index (χ1v) is 15.0. The van der Waals surface area contributed by atoms with E-state index in [9.17, 15) is 19.6 Å². The zero-order chi connectivity index (χ0) is 33.2. The lowest BCUT2D eigenvalue weighted by molar-refractivity contribution is -0.132. The Balaban J connectivity index is 2.45. The SMILES string of the molecule is CC(C)C(C)CN(C(=O)CNCCC(C(=N)N)(C1=CC=C(C(=O)N(C)C)C=CC1)c1ccc(C(=O)N(C)C)cc1)C(C)C#N. The molecule has 0 spiro atoms. The number of likely N-dealkylation sites (N-methyl/N-ethyl adjacent to an activating group) is 1. The van der Waals surface area contributed by atoms with Crippen LogP contribution in [0.1, 0.15) is 56.5 Å². The predicted molar refractivity (Wildman–Crippen MR) is 175 cm³/mol. The smallest absolute Gasteiger partial charge is 0.253 e. The highest BCUT2D eigenvalue weighted by atomic mass is 16.2. The third-order valence-corrected chi connectivity index (χ3v) is 8.34. The van der Waals surface area contributed by atoms with Crippen LogP contribution in [-0.4, -0.2) is 92.1 Å². The van der Waals surface area contributed by atoms with E-state index >= 15 is 0 Å². The van der Waals surface area contributed by atoms with Gasteiger partial charge in [0.1, 0.15) is 11.9 Å². The molecular formula is C34H49N7O3. The monoisotopic (exact) mass is 603 g/mol. The Labute approximate surface area is 262 Å². The van der Waals surface area contributed by atoms with Crippen molar-refractivity contribution in [3.63, 3.8) is 0 Å². The number of hydrogen-bond acceptors (Lipinski definition) is 6. The fraction of sp³-hybridized carbons (Fsp3) is 0.500. The van der Waals surface area contributed by atoms with E-state index in [0.29, 0.717) is 43.0 Å². The molecular weight excluding hydrogens is 554 g/mol. The standard InChI is InChI=1S/C34H49N7O3/c1-23(2)24(3)22-41(25(4)20-35)30(42)21-38-19-18-34(33(36)37,29-16-13-27(14-17-29)32(44)40(7)8)28-11-9-10-26(12-15-28)31(43)39(5)6/h9-10,12-17,23-25,38H,11,18-19,21-22H2,1-8H3,(H3,36,37). The van der Waals surface area contributed by atoms with E-state index in [1.807, 2.05) is 24.3 Å². The lowest BCUT2D eigenvalue weighted by Gasteiger charge is -2.36. The molecule has 1 aromatic carbocycles. The maximum Gasteiger partial charge on any atom is 0.253 e. The average molecular weight is 604 g/mol. The molecule has 4 N–H and O–H groups in total. The van der Waals surface area contributed by atoms with Crippen LogP contribution in [-0.2, 0) is 15.0 Å². The Morgan fingerprint density at radius 1 is 1.02 bits per heavy atom. The van der Waals surface area contributed by atoms with Crippen LogP contribution in [0.25, 0.3) is 0 Å². The van der Waals surface area contributed by atoms with Crippen molar-refractivity contribution < 1.29 is 14.4 Å². The highest BCUT2D eigenvalue weighted by molar-refractivity contribution is 5.97.